The number of hydrogen-bond acceptors (Lipinski definition) is 3. The van der Waals surface area contributed by atoms with E-state index in [0.717, 1.165) is 0 Å². The summed E-state index contributed by atoms with van der Waals surface area (Å²) in [5.41, 5.74) is 0.0600. The second kappa shape index (κ2) is 3.59. The molecule has 1 aromatic carbocycles. The highest BCUT2D eigenvalue weighted by atomic mass is 16.5. The average Bonchev–Trinajstić information content (AvgIpc) is 1.99. The standard InChI is InChI=1S/C11H13NO2/c1-11(2,3)14-10-5-8(7-12)4-9(13)6-10/h4-6,13H,1-3H3. The monoisotopic (exact) mass is 191 g/mol. The number of benzene rings is 1. The predicted molar refractivity (Wildman–Crippen MR) is 53.2 cm³/mol. The first-order valence-corrected chi connectivity index (χ1v) is 4.34. The first-order valence-electron chi connectivity index (χ1n) is 4.34. The third-order valence-electron chi connectivity index (χ3n) is 1.44. The molecule has 0 fully saturated rings. The summed E-state index contributed by atoms with van der Waals surface area (Å²) in [5, 5.41) is 18.0. The Morgan fingerprint density at radius 3 is 2.43 bits per heavy atom. The number of phenolic OH excluding ortho intramolecular Hbond substituents is 1. The average molecular weight is 191 g/mol. The molecule has 0 aromatic heterocycles. The van der Waals surface area contributed by atoms with Crippen LogP contribution in [0.15, 0.2) is 18.2 Å². The molecule has 0 aliphatic carbocycles. The van der Waals surface area contributed by atoms with Crippen molar-refractivity contribution in [1.82, 2.24) is 0 Å². The number of rotatable bonds is 1. The van der Waals surface area contributed by atoms with Gasteiger partial charge in [0.05, 0.1) is 11.6 Å². The minimum atomic E-state index is -0.333. The molecule has 3 nitrogen and oxygen atoms in total. The van der Waals surface area contributed by atoms with E-state index in [1.54, 1.807) is 6.07 Å². The number of nitriles is 1. The molecule has 74 valence electrons. The smallest absolute Gasteiger partial charge is 0.125 e. The third kappa shape index (κ3) is 2.98. The number of hydrogen-bond donors (Lipinski definition) is 1. The van der Waals surface area contributed by atoms with Gasteiger partial charge < -0.3 is 9.84 Å². The van der Waals surface area contributed by atoms with Crippen LogP contribution >= 0.6 is 0 Å². The Labute approximate surface area is 83.6 Å². The molecule has 0 saturated heterocycles. The van der Waals surface area contributed by atoms with Gasteiger partial charge in [0, 0.05) is 6.07 Å². The second-order valence-corrected chi connectivity index (χ2v) is 4.04. The fourth-order valence-corrected chi connectivity index (χ4v) is 1.06. The fraction of sp³-hybridized carbons (Fsp3) is 0.364. The van der Waals surface area contributed by atoms with Gasteiger partial charge >= 0.3 is 0 Å². The fourth-order valence-electron chi connectivity index (χ4n) is 1.06. The summed E-state index contributed by atoms with van der Waals surface area (Å²) in [6, 6.07) is 6.45. The molecule has 0 aliphatic heterocycles. The van der Waals surface area contributed by atoms with Crippen molar-refractivity contribution >= 4 is 0 Å². The van der Waals surface area contributed by atoms with Gasteiger partial charge in [-0.25, -0.2) is 0 Å². The zero-order valence-corrected chi connectivity index (χ0v) is 8.53. The number of aromatic hydroxyl groups is 1. The summed E-state index contributed by atoms with van der Waals surface area (Å²) < 4.78 is 5.51. The maximum Gasteiger partial charge on any atom is 0.125 e. The van der Waals surface area contributed by atoms with Crippen LogP contribution in [-0.4, -0.2) is 10.7 Å². The van der Waals surface area contributed by atoms with E-state index in [-0.39, 0.29) is 11.4 Å². The molecule has 0 atom stereocenters. The van der Waals surface area contributed by atoms with E-state index in [4.69, 9.17) is 10.00 Å². The molecule has 3 heteroatoms. The summed E-state index contributed by atoms with van der Waals surface area (Å²) in [6.07, 6.45) is 0. The van der Waals surface area contributed by atoms with Gasteiger partial charge in [0.25, 0.3) is 0 Å². The minimum Gasteiger partial charge on any atom is -0.508 e. The van der Waals surface area contributed by atoms with Crippen LogP contribution in [-0.2, 0) is 0 Å². The van der Waals surface area contributed by atoms with E-state index in [1.165, 1.54) is 12.1 Å². The minimum absolute atomic E-state index is 0.0447. The summed E-state index contributed by atoms with van der Waals surface area (Å²) in [5.74, 6) is 0.553. The molecule has 1 N–H and O–H groups in total. The number of ether oxygens (including phenoxy) is 1. The van der Waals surface area contributed by atoms with E-state index in [1.807, 2.05) is 26.8 Å². The Balaban J connectivity index is 3.00. The Kier molecular flexibility index (Phi) is 2.66. The van der Waals surface area contributed by atoms with Crippen molar-refractivity contribution in [1.29, 1.82) is 5.26 Å². The largest absolute Gasteiger partial charge is 0.508 e. The van der Waals surface area contributed by atoms with Gasteiger partial charge in [-0.2, -0.15) is 5.26 Å². The lowest BCUT2D eigenvalue weighted by Crippen LogP contribution is -2.22. The van der Waals surface area contributed by atoms with E-state index >= 15 is 0 Å². The lowest BCUT2D eigenvalue weighted by Gasteiger charge is -2.21. The molecule has 0 bridgehead atoms. The summed E-state index contributed by atoms with van der Waals surface area (Å²) in [6.45, 7) is 5.72. The highest BCUT2D eigenvalue weighted by Crippen LogP contribution is 2.24. The second-order valence-electron chi connectivity index (χ2n) is 4.04. The van der Waals surface area contributed by atoms with Crippen LogP contribution in [0.2, 0.25) is 0 Å². The van der Waals surface area contributed by atoms with Crippen molar-refractivity contribution in [3.05, 3.63) is 23.8 Å². The Bertz CT molecular complexity index is 372. The van der Waals surface area contributed by atoms with Gasteiger partial charge in [-0.05, 0) is 32.9 Å². The first kappa shape index (κ1) is 10.4. The molecule has 0 radical (unpaired) electrons. The molecule has 0 spiro atoms. The summed E-state index contributed by atoms with van der Waals surface area (Å²) in [4.78, 5) is 0. The predicted octanol–water partition coefficient (Wildman–Crippen LogP) is 2.44. The van der Waals surface area contributed by atoms with Crippen LogP contribution in [0, 0.1) is 11.3 Å². The van der Waals surface area contributed by atoms with Gasteiger partial charge in [0.15, 0.2) is 0 Å². The molecule has 1 aromatic rings. The molecule has 14 heavy (non-hydrogen) atoms. The Morgan fingerprint density at radius 1 is 1.29 bits per heavy atom. The van der Waals surface area contributed by atoms with Crippen LogP contribution in [0.5, 0.6) is 11.5 Å². The van der Waals surface area contributed by atoms with Crippen LogP contribution in [0.25, 0.3) is 0 Å². The highest BCUT2D eigenvalue weighted by Gasteiger charge is 2.12. The van der Waals surface area contributed by atoms with Crippen LogP contribution in [0.3, 0.4) is 0 Å². The van der Waals surface area contributed by atoms with E-state index in [0.29, 0.717) is 11.3 Å². The van der Waals surface area contributed by atoms with Crippen molar-refractivity contribution in [2.45, 2.75) is 26.4 Å². The van der Waals surface area contributed by atoms with E-state index < -0.39 is 0 Å². The molecule has 0 unspecified atom stereocenters. The van der Waals surface area contributed by atoms with E-state index in [2.05, 4.69) is 0 Å². The van der Waals surface area contributed by atoms with Crippen LogP contribution < -0.4 is 4.74 Å². The zero-order valence-electron chi connectivity index (χ0n) is 8.53. The SMILES string of the molecule is CC(C)(C)Oc1cc(O)cc(C#N)c1. The first-order chi connectivity index (χ1) is 6.40. The van der Waals surface area contributed by atoms with Gasteiger partial charge in [-0.15, -0.1) is 0 Å². The molecule has 0 heterocycles. The van der Waals surface area contributed by atoms with Crippen molar-refractivity contribution in [2.75, 3.05) is 0 Å². The number of nitrogens with zero attached hydrogens (tertiary/aromatic N) is 1. The summed E-state index contributed by atoms with van der Waals surface area (Å²) in [7, 11) is 0. The van der Waals surface area contributed by atoms with Crippen molar-refractivity contribution in [2.24, 2.45) is 0 Å². The van der Waals surface area contributed by atoms with Crippen LogP contribution in [0.4, 0.5) is 0 Å². The van der Waals surface area contributed by atoms with Gasteiger partial charge in [-0.3, -0.25) is 0 Å². The quantitative estimate of drug-likeness (QED) is 0.741. The summed E-state index contributed by atoms with van der Waals surface area (Å²) >= 11 is 0. The zero-order chi connectivity index (χ0) is 10.8. The normalized spacial score (nSPS) is 10.7. The van der Waals surface area contributed by atoms with Gasteiger partial charge in [0.1, 0.15) is 17.1 Å². The molecule has 0 amide bonds. The molecule has 0 saturated carbocycles. The Hall–Kier alpha value is -1.69. The Morgan fingerprint density at radius 2 is 1.93 bits per heavy atom. The van der Waals surface area contributed by atoms with Crippen LogP contribution in [0.1, 0.15) is 26.3 Å². The van der Waals surface area contributed by atoms with E-state index in [9.17, 15) is 5.11 Å². The van der Waals surface area contributed by atoms with Crippen molar-refractivity contribution in [3.8, 4) is 17.6 Å². The third-order valence-corrected chi connectivity index (χ3v) is 1.44. The molecular formula is C11H13NO2. The maximum atomic E-state index is 9.29. The number of phenols is 1. The van der Waals surface area contributed by atoms with Crippen molar-refractivity contribution < 1.29 is 9.84 Å². The highest BCUT2D eigenvalue weighted by molar-refractivity contribution is 5.43. The topological polar surface area (TPSA) is 53.2 Å². The van der Waals surface area contributed by atoms with Crippen molar-refractivity contribution in [3.63, 3.8) is 0 Å². The lowest BCUT2D eigenvalue weighted by molar-refractivity contribution is 0.130. The lowest BCUT2D eigenvalue weighted by atomic mass is 10.1. The van der Waals surface area contributed by atoms with Gasteiger partial charge in [-0.1, -0.05) is 0 Å². The molecule has 0 aliphatic rings. The molecular weight excluding hydrogens is 178 g/mol. The molecule has 1 rings (SSSR count). The van der Waals surface area contributed by atoms with Gasteiger partial charge in [0.2, 0.25) is 0 Å². The maximum absolute atomic E-state index is 9.29.